The number of amides is 1. The van der Waals surface area contributed by atoms with Gasteiger partial charge in [0.15, 0.2) is 0 Å². The van der Waals surface area contributed by atoms with Gasteiger partial charge in [-0.3, -0.25) is 4.79 Å². The number of carbonyl (C=O) groups excluding carboxylic acids is 1. The molecule has 1 aliphatic heterocycles. The van der Waals surface area contributed by atoms with Gasteiger partial charge in [0.2, 0.25) is 5.91 Å². The van der Waals surface area contributed by atoms with Crippen LogP contribution in [0.1, 0.15) is 56.6 Å². The summed E-state index contributed by atoms with van der Waals surface area (Å²) in [4.78, 5) is 27.6. The molecule has 3 heterocycles. The summed E-state index contributed by atoms with van der Waals surface area (Å²) in [6, 6.07) is 4.03. The number of fused-ring (bicyclic) bond motifs is 2. The van der Waals surface area contributed by atoms with Crippen LogP contribution in [0.15, 0.2) is 18.3 Å². The number of anilines is 3. The summed E-state index contributed by atoms with van der Waals surface area (Å²) in [5.41, 5.74) is 3.59. The van der Waals surface area contributed by atoms with Crippen LogP contribution in [0, 0.1) is 6.92 Å². The van der Waals surface area contributed by atoms with Crippen molar-refractivity contribution in [3.05, 3.63) is 35.4 Å². The average molecular weight is 351 g/mol. The highest BCUT2D eigenvalue weighted by Crippen LogP contribution is 2.57. The van der Waals surface area contributed by atoms with E-state index in [2.05, 4.69) is 33.2 Å². The standard InChI is InChI=1S/C20H25N5O/c1-4-5-6-17-22-13(2)9-19(24-17)25-12-20(7-8-20)15-11-21-18(10-16(15)25)23-14(3)26/h9-11H,4-8,12H2,1-3H3,(H,21,23,26). The van der Waals surface area contributed by atoms with Gasteiger partial charge in [0.05, 0.1) is 5.69 Å². The lowest BCUT2D eigenvalue weighted by molar-refractivity contribution is -0.114. The van der Waals surface area contributed by atoms with Crippen LogP contribution in [0.2, 0.25) is 0 Å². The molecule has 4 rings (SSSR count). The molecule has 1 aliphatic carbocycles. The lowest BCUT2D eigenvalue weighted by Gasteiger charge is -2.20. The second-order valence-corrected chi connectivity index (χ2v) is 7.52. The van der Waals surface area contributed by atoms with E-state index in [1.54, 1.807) is 0 Å². The van der Waals surface area contributed by atoms with Crippen molar-refractivity contribution in [1.29, 1.82) is 0 Å². The largest absolute Gasteiger partial charge is 0.325 e. The number of hydrogen-bond donors (Lipinski definition) is 1. The zero-order valence-corrected chi connectivity index (χ0v) is 15.7. The van der Waals surface area contributed by atoms with Crippen LogP contribution in [0.25, 0.3) is 0 Å². The van der Waals surface area contributed by atoms with Gasteiger partial charge in [0.25, 0.3) is 0 Å². The Hall–Kier alpha value is -2.50. The lowest BCUT2D eigenvalue weighted by Crippen LogP contribution is -2.21. The van der Waals surface area contributed by atoms with Crippen molar-refractivity contribution in [2.75, 3.05) is 16.8 Å². The number of nitrogens with one attached hydrogen (secondary N) is 1. The van der Waals surface area contributed by atoms with Crippen LogP contribution in [0.4, 0.5) is 17.3 Å². The minimum atomic E-state index is -0.108. The molecule has 6 heteroatoms. The third kappa shape index (κ3) is 3.04. The van der Waals surface area contributed by atoms with Gasteiger partial charge in [-0.25, -0.2) is 15.0 Å². The first-order valence-electron chi connectivity index (χ1n) is 9.41. The molecule has 1 amide bonds. The Morgan fingerprint density at radius 3 is 2.81 bits per heavy atom. The minimum absolute atomic E-state index is 0.108. The summed E-state index contributed by atoms with van der Waals surface area (Å²) in [6.07, 6.45) is 7.44. The molecule has 1 saturated carbocycles. The Labute approximate surface area is 154 Å². The Kier molecular flexibility index (Phi) is 4.13. The molecule has 136 valence electrons. The van der Waals surface area contributed by atoms with Gasteiger partial charge in [0.1, 0.15) is 17.5 Å². The maximum Gasteiger partial charge on any atom is 0.222 e. The summed E-state index contributed by atoms with van der Waals surface area (Å²) in [6.45, 7) is 6.64. The topological polar surface area (TPSA) is 71.0 Å². The predicted molar refractivity (Wildman–Crippen MR) is 102 cm³/mol. The number of aryl methyl sites for hydroxylation is 2. The molecule has 0 atom stereocenters. The summed E-state index contributed by atoms with van der Waals surface area (Å²) in [7, 11) is 0. The predicted octanol–water partition coefficient (Wildman–Crippen LogP) is 3.66. The van der Waals surface area contributed by atoms with Crippen molar-refractivity contribution in [1.82, 2.24) is 15.0 Å². The minimum Gasteiger partial charge on any atom is -0.325 e. The number of pyridine rings is 1. The van der Waals surface area contributed by atoms with Crippen molar-refractivity contribution >= 4 is 23.2 Å². The molecule has 1 spiro atoms. The highest BCUT2D eigenvalue weighted by Gasteiger charge is 2.52. The SMILES string of the molecule is CCCCc1nc(C)cc(N2CC3(CC3)c3cnc(NC(C)=O)cc32)n1. The molecule has 26 heavy (non-hydrogen) atoms. The van der Waals surface area contributed by atoms with Gasteiger partial charge in [-0.2, -0.15) is 0 Å². The normalized spacial score (nSPS) is 16.7. The Morgan fingerprint density at radius 2 is 2.12 bits per heavy atom. The Morgan fingerprint density at radius 1 is 1.31 bits per heavy atom. The molecule has 2 aliphatic rings. The molecule has 0 bridgehead atoms. The molecule has 1 fully saturated rings. The summed E-state index contributed by atoms with van der Waals surface area (Å²) in [5, 5.41) is 2.80. The number of nitrogens with zero attached hydrogens (tertiary/aromatic N) is 4. The number of hydrogen-bond acceptors (Lipinski definition) is 5. The van der Waals surface area contributed by atoms with Crippen LogP contribution < -0.4 is 10.2 Å². The average Bonchev–Trinajstić information content (AvgIpc) is 3.30. The first kappa shape index (κ1) is 16.9. The molecule has 0 saturated heterocycles. The fourth-order valence-electron chi connectivity index (χ4n) is 3.78. The number of aromatic nitrogens is 3. The fraction of sp³-hybridized carbons (Fsp3) is 0.500. The maximum atomic E-state index is 11.4. The van der Waals surface area contributed by atoms with Crippen molar-refractivity contribution in [3.63, 3.8) is 0 Å². The quantitative estimate of drug-likeness (QED) is 0.890. The van der Waals surface area contributed by atoms with Gasteiger partial charge in [-0.1, -0.05) is 13.3 Å². The van der Waals surface area contributed by atoms with Crippen molar-refractivity contribution in [2.24, 2.45) is 0 Å². The van der Waals surface area contributed by atoms with Gasteiger partial charge < -0.3 is 10.2 Å². The molecule has 6 nitrogen and oxygen atoms in total. The highest BCUT2D eigenvalue weighted by atomic mass is 16.1. The van der Waals surface area contributed by atoms with E-state index in [0.717, 1.165) is 48.8 Å². The number of carbonyl (C=O) groups is 1. The number of rotatable bonds is 5. The van der Waals surface area contributed by atoms with E-state index in [4.69, 9.17) is 4.98 Å². The van der Waals surface area contributed by atoms with Crippen molar-refractivity contribution in [2.45, 2.75) is 58.3 Å². The van der Waals surface area contributed by atoms with Gasteiger partial charge in [-0.15, -0.1) is 0 Å². The molecular formula is C20H25N5O. The van der Waals surface area contributed by atoms with E-state index in [9.17, 15) is 4.79 Å². The zero-order valence-electron chi connectivity index (χ0n) is 15.7. The third-order valence-electron chi connectivity index (χ3n) is 5.28. The second kappa shape index (κ2) is 6.34. The third-order valence-corrected chi connectivity index (χ3v) is 5.28. The Balaban J connectivity index is 1.73. The summed E-state index contributed by atoms with van der Waals surface area (Å²) in [5.74, 6) is 2.35. The van der Waals surface area contributed by atoms with Crippen LogP contribution in [0.3, 0.4) is 0 Å². The van der Waals surface area contributed by atoms with E-state index in [1.807, 2.05) is 19.2 Å². The van der Waals surface area contributed by atoms with Gasteiger partial charge in [0, 0.05) is 54.9 Å². The van der Waals surface area contributed by atoms with Crippen molar-refractivity contribution < 1.29 is 4.79 Å². The van der Waals surface area contributed by atoms with Crippen LogP contribution >= 0.6 is 0 Å². The van der Waals surface area contributed by atoms with Crippen LogP contribution in [-0.2, 0) is 16.6 Å². The van der Waals surface area contributed by atoms with E-state index in [0.29, 0.717) is 5.82 Å². The van der Waals surface area contributed by atoms with Gasteiger partial charge >= 0.3 is 0 Å². The van der Waals surface area contributed by atoms with Crippen molar-refractivity contribution in [3.8, 4) is 0 Å². The van der Waals surface area contributed by atoms with E-state index in [-0.39, 0.29) is 11.3 Å². The molecular weight excluding hydrogens is 326 g/mol. The van der Waals surface area contributed by atoms with Gasteiger partial charge in [-0.05, 0) is 26.2 Å². The molecule has 0 unspecified atom stereocenters. The second-order valence-electron chi connectivity index (χ2n) is 7.52. The van der Waals surface area contributed by atoms with Crippen LogP contribution in [-0.4, -0.2) is 27.4 Å². The molecule has 0 radical (unpaired) electrons. The Bertz CT molecular complexity index is 859. The fourth-order valence-corrected chi connectivity index (χ4v) is 3.78. The first-order valence-corrected chi connectivity index (χ1v) is 9.41. The lowest BCUT2D eigenvalue weighted by atomic mass is 10.0. The van der Waals surface area contributed by atoms with E-state index in [1.165, 1.54) is 25.3 Å². The molecule has 1 N–H and O–H groups in total. The molecule has 2 aromatic rings. The molecule has 2 aromatic heterocycles. The van der Waals surface area contributed by atoms with E-state index < -0.39 is 0 Å². The van der Waals surface area contributed by atoms with E-state index >= 15 is 0 Å². The highest BCUT2D eigenvalue weighted by molar-refractivity contribution is 5.89. The molecule has 0 aromatic carbocycles. The summed E-state index contributed by atoms with van der Waals surface area (Å²) >= 11 is 0. The maximum absolute atomic E-state index is 11.4. The van der Waals surface area contributed by atoms with Crippen LogP contribution in [0.5, 0.6) is 0 Å². The summed E-state index contributed by atoms with van der Waals surface area (Å²) < 4.78 is 0. The number of unbranched alkanes of at least 4 members (excludes halogenated alkanes) is 1. The first-order chi connectivity index (χ1) is 12.5. The smallest absolute Gasteiger partial charge is 0.222 e. The monoisotopic (exact) mass is 351 g/mol. The zero-order chi connectivity index (χ0) is 18.3.